The van der Waals surface area contributed by atoms with Crippen molar-refractivity contribution in [3.05, 3.63) is 72.1 Å². The third kappa shape index (κ3) is 1.96. The van der Waals surface area contributed by atoms with Crippen LogP contribution in [-0.2, 0) is 0 Å². The summed E-state index contributed by atoms with van der Waals surface area (Å²) in [5.74, 6) is 3.47. The summed E-state index contributed by atoms with van der Waals surface area (Å²) in [4.78, 5) is 4.82. The average Bonchev–Trinajstić information content (AvgIpc) is 3.09. The number of nitrogens with zero attached hydrogens (tertiary/aromatic N) is 3. The van der Waals surface area contributed by atoms with Crippen molar-refractivity contribution in [2.75, 3.05) is 0 Å². The van der Waals surface area contributed by atoms with Gasteiger partial charge in [-0.1, -0.05) is 36.3 Å². The normalized spacial score (nSPS) is 11.5. The molecule has 0 bridgehead atoms. The maximum atomic E-state index is 5.41. The van der Waals surface area contributed by atoms with Crippen LogP contribution >= 0.6 is 0 Å². The number of aromatic nitrogens is 3. The second-order valence-corrected chi connectivity index (χ2v) is 5.38. The van der Waals surface area contributed by atoms with Gasteiger partial charge in [0.2, 0.25) is 5.78 Å². The molecule has 0 saturated heterocycles. The number of para-hydroxylation sites is 3. The third-order valence-electron chi connectivity index (χ3n) is 4.04. The molecule has 0 amide bonds. The molecule has 0 saturated carbocycles. The van der Waals surface area contributed by atoms with Crippen molar-refractivity contribution in [2.45, 2.75) is 6.92 Å². The number of benzene rings is 2. The van der Waals surface area contributed by atoms with E-state index in [0.29, 0.717) is 0 Å². The van der Waals surface area contributed by atoms with Gasteiger partial charge in [0.1, 0.15) is 0 Å². The highest BCUT2D eigenvalue weighted by Gasteiger charge is 2.17. The number of hydrogen-bond donors (Lipinski definition) is 0. The molecule has 2 aromatic carbocycles. The van der Waals surface area contributed by atoms with Crippen LogP contribution in [0.5, 0.6) is 0 Å². The minimum Gasteiger partial charge on any atom is -0.280 e. The molecule has 0 N–H and O–H groups in total. The molecule has 0 radical (unpaired) electrons. The number of imidazole rings is 2. The highest BCUT2D eigenvalue weighted by Crippen LogP contribution is 2.27. The molecule has 0 aliphatic heterocycles. The first-order valence-electron chi connectivity index (χ1n) is 7.48. The van der Waals surface area contributed by atoms with Crippen LogP contribution in [0.2, 0.25) is 0 Å². The molecule has 0 fully saturated rings. The minimum atomic E-state index is 0.895. The number of hydrogen-bond acceptors (Lipinski definition) is 1. The van der Waals surface area contributed by atoms with Crippen LogP contribution in [0.25, 0.3) is 28.6 Å². The largest absolute Gasteiger partial charge is 0.280 e. The van der Waals surface area contributed by atoms with Gasteiger partial charge in [-0.25, -0.2) is 4.98 Å². The molecule has 0 unspecified atom stereocenters. The molecule has 4 aromatic rings. The molecule has 4 rings (SSSR count). The van der Waals surface area contributed by atoms with Crippen molar-refractivity contribution in [3.63, 3.8) is 0 Å². The Morgan fingerprint density at radius 3 is 2.57 bits per heavy atom. The van der Waals surface area contributed by atoms with E-state index in [4.69, 9.17) is 11.4 Å². The van der Waals surface area contributed by atoms with E-state index >= 15 is 0 Å². The van der Waals surface area contributed by atoms with Crippen LogP contribution < -0.4 is 0 Å². The first-order chi connectivity index (χ1) is 11.3. The lowest BCUT2D eigenvalue weighted by Gasteiger charge is -2.06. The lowest BCUT2D eigenvalue weighted by molar-refractivity contribution is 1.07. The van der Waals surface area contributed by atoms with Crippen molar-refractivity contribution in [1.29, 1.82) is 0 Å². The van der Waals surface area contributed by atoms with E-state index in [1.165, 1.54) is 0 Å². The van der Waals surface area contributed by atoms with Gasteiger partial charge in [-0.3, -0.25) is 8.97 Å². The Morgan fingerprint density at radius 1 is 1.04 bits per heavy atom. The summed E-state index contributed by atoms with van der Waals surface area (Å²) < 4.78 is 4.32. The van der Waals surface area contributed by atoms with E-state index < -0.39 is 0 Å². The Morgan fingerprint density at radius 2 is 1.78 bits per heavy atom. The standard InChI is InChI=1S/C20H15N3/c1-3-4-13-18-15(2)22-19-14-9-8-12-17(19)21-20(22)23(18)16-10-6-5-7-11-16/h1,4-14H,2H3. The van der Waals surface area contributed by atoms with Gasteiger partial charge in [0, 0.05) is 11.4 Å². The topological polar surface area (TPSA) is 22.2 Å². The van der Waals surface area contributed by atoms with E-state index in [9.17, 15) is 0 Å². The fraction of sp³-hybridized carbons (Fsp3) is 0.0500. The summed E-state index contributed by atoms with van der Waals surface area (Å²) >= 11 is 0. The molecule has 0 aliphatic carbocycles. The van der Waals surface area contributed by atoms with Gasteiger partial charge in [0.05, 0.1) is 16.7 Å². The molecular formula is C20H15N3. The fourth-order valence-corrected chi connectivity index (χ4v) is 3.03. The van der Waals surface area contributed by atoms with Gasteiger partial charge < -0.3 is 0 Å². The van der Waals surface area contributed by atoms with Crippen LogP contribution in [0.4, 0.5) is 0 Å². The van der Waals surface area contributed by atoms with Crippen molar-refractivity contribution in [3.8, 4) is 18.0 Å². The molecule has 110 valence electrons. The molecule has 2 heterocycles. The van der Waals surface area contributed by atoms with Crippen molar-refractivity contribution < 1.29 is 0 Å². The van der Waals surface area contributed by atoms with Gasteiger partial charge >= 0.3 is 0 Å². The Balaban J connectivity index is 2.17. The lowest BCUT2D eigenvalue weighted by Crippen LogP contribution is -1.97. The Kier molecular flexibility index (Phi) is 3.03. The molecule has 23 heavy (non-hydrogen) atoms. The first kappa shape index (κ1) is 13.4. The van der Waals surface area contributed by atoms with E-state index in [0.717, 1.165) is 33.9 Å². The Bertz CT molecular complexity index is 1070. The molecule has 3 nitrogen and oxygen atoms in total. The van der Waals surface area contributed by atoms with Crippen LogP contribution in [0.1, 0.15) is 11.4 Å². The minimum absolute atomic E-state index is 0.895. The summed E-state index contributed by atoms with van der Waals surface area (Å²) in [6.45, 7) is 2.09. The van der Waals surface area contributed by atoms with Crippen LogP contribution in [0.3, 0.4) is 0 Å². The second kappa shape index (κ2) is 5.19. The van der Waals surface area contributed by atoms with Crippen LogP contribution in [0.15, 0.2) is 60.7 Å². The number of allylic oxidation sites excluding steroid dienone is 1. The SMILES string of the molecule is C#CC=Cc1c(C)n2c3ccccc3nc2n1-c1ccccc1. The van der Waals surface area contributed by atoms with Gasteiger partial charge in [-0.2, -0.15) is 0 Å². The lowest BCUT2D eigenvalue weighted by atomic mass is 10.2. The van der Waals surface area contributed by atoms with Crippen molar-refractivity contribution >= 4 is 22.9 Å². The predicted molar refractivity (Wildman–Crippen MR) is 94.6 cm³/mol. The highest BCUT2D eigenvalue weighted by atomic mass is 15.2. The summed E-state index contributed by atoms with van der Waals surface area (Å²) in [6.07, 6.45) is 9.10. The summed E-state index contributed by atoms with van der Waals surface area (Å²) in [7, 11) is 0. The Hall–Kier alpha value is -3.25. The zero-order valence-corrected chi connectivity index (χ0v) is 12.8. The smallest absolute Gasteiger partial charge is 0.220 e. The third-order valence-corrected chi connectivity index (χ3v) is 4.04. The zero-order valence-electron chi connectivity index (χ0n) is 12.8. The Labute approximate surface area is 134 Å². The van der Waals surface area contributed by atoms with Gasteiger partial charge in [0.15, 0.2) is 0 Å². The van der Waals surface area contributed by atoms with E-state index in [1.807, 2.05) is 42.5 Å². The van der Waals surface area contributed by atoms with E-state index in [-0.39, 0.29) is 0 Å². The van der Waals surface area contributed by atoms with Gasteiger partial charge in [0.25, 0.3) is 0 Å². The summed E-state index contributed by atoms with van der Waals surface area (Å²) in [6, 6.07) is 18.4. The van der Waals surface area contributed by atoms with Gasteiger partial charge in [-0.05, 0) is 43.3 Å². The average molecular weight is 297 g/mol. The number of aryl methyl sites for hydroxylation is 1. The molecule has 0 atom stereocenters. The maximum Gasteiger partial charge on any atom is 0.220 e. The quantitative estimate of drug-likeness (QED) is 0.507. The van der Waals surface area contributed by atoms with E-state index in [2.05, 4.69) is 40.0 Å². The zero-order chi connectivity index (χ0) is 15.8. The fourth-order valence-electron chi connectivity index (χ4n) is 3.03. The van der Waals surface area contributed by atoms with Gasteiger partial charge in [-0.15, -0.1) is 6.42 Å². The first-order valence-corrected chi connectivity index (χ1v) is 7.48. The van der Waals surface area contributed by atoms with E-state index in [1.54, 1.807) is 6.08 Å². The monoisotopic (exact) mass is 297 g/mol. The number of fused-ring (bicyclic) bond motifs is 3. The molecule has 0 aliphatic rings. The molecule has 3 heteroatoms. The van der Waals surface area contributed by atoms with Crippen molar-refractivity contribution in [2.24, 2.45) is 0 Å². The molecular weight excluding hydrogens is 282 g/mol. The second-order valence-electron chi connectivity index (χ2n) is 5.38. The molecule has 2 aromatic heterocycles. The maximum absolute atomic E-state index is 5.41. The van der Waals surface area contributed by atoms with Crippen molar-refractivity contribution in [1.82, 2.24) is 14.0 Å². The van der Waals surface area contributed by atoms with Crippen LogP contribution in [0, 0.1) is 19.3 Å². The predicted octanol–water partition coefficient (Wildman–Crippen LogP) is 4.23. The summed E-state index contributed by atoms with van der Waals surface area (Å²) in [5, 5.41) is 0. The summed E-state index contributed by atoms with van der Waals surface area (Å²) in [5.41, 5.74) is 5.32. The number of rotatable bonds is 2. The van der Waals surface area contributed by atoms with Crippen LogP contribution in [-0.4, -0.2) is 14.0 Å². The highest BCUT2D eigenvalue weighted by molar-refractivity contribution is 5.82. The molecule has 0 spiro atoms. The number of terminal acetylenes is 1.